The molecule has 0 aliphatic rings. The van der Waals surface area contributed by atoms with Gasteiger partial charge in [-0.3, -0.25) is 0 Å². The first kappa shape index (κ1) is 15.3. The summed E-state index contributed by atoms with van der Waals surface area (Å²) in [6, 6.07) is 5.53. The Hall–Kier alpha value is -1.14. The molecule has 0 saturated heterocycles. The minimum absolute atomic E-state index is 0.0486. The van der Waals surface area contributed by atoms with Gasteiger partial charge in [0.15, 0.2) is 0 Å². The van der Waals surface area contributed by atoms with Crippen molar-refractivity contribution in [3.63, 3.8) is 0 Å². The van der Waals surface area contributed by atoms with E-state index in [0.717, 1.165) is 11.3 Å². The summed E-state index contributed by atoms with van der Waals surface area (Å²) in [4.78, 5) is 0. The maximum absolute atomic E-state index is 8.82. The van der Waals surface area contributed by atoms with Gasteiger partial charge in [0.25, 0.3) is 0 Å². The molecule has 0 fully saturated rings. The van der Waals surface area contributed by atoms with Crippen molar-refractivity contribution in [3.8, 4) is 0 Å². The third kappa shape index (κ3) is 3.93. The first-order valence-corrected chi connectivity index (χ1v) is 7.04. The first-order valence-electron chi connectivity index (χ1n) is 6.28. The number of hydrogen-bond acceptors (Lipinski definition) is 4. The first-order chi connectivity index (χ1) is 9.60. The molecule has 1 aromatic heterocycles. The molecule has 1 heterocycles. The number of rotatable bonds is 6. The van der Waals surface area contributed by atoms with Gasteiger partial charge in [-0.25, -0.2) is 4.68 Å². The van der Waals surface area contributed by atoms with E-state index in [1.54, 1.807) is 16.9 Å². The van der Waals surface area contributed by atoms with Crippen LogP contribution in [0, 0.1) is 0 Å². The van der Waals surface area contributed by atoms with Gasteiger partial charge >= 0.3 is 0 Å². The molecule has 0 radical (unpaired) electrons. The maximum Gasteiger partial charge on any atom is 0.0965 e. The highest BCUT2D eigenvalue weighted by Crippen LogP contribution is 2.26. The highest BCUT2D eigenvalue weighted by molar-refractivity contribution is 6.35. The smallest absolute Gasteiger partial charge is 0.0965 e. The minimum atomic E-state index is 0.0486. The zero-order valence-corrected chi connectivity index (χ0v) is 12.6. The Balaban J connectivity index is 1.95. The summed E-state index contributed by atoms with van der Waals surface area (Å²) in [7, 11) is 0. The molecule has 0 saturated carbocycles. The van der Waals surface area contributed by atoms with Gasteiger partial charge in [-0.2, -0.15) is 0 Å². The number of aliphatic hydroxyl groups is 1. The number of hydrogen-bond donors (Lipinski definition) is 2. The van der Waals surface area contributed by atoms with Crippen molar-refractivity contribution in [2.75, 3.05) is 6.61 Å². The molecule has 2 aromatic rings. The van der Waals surface area contributed by atoms with Crippen molar-refractivity contribution in [3.05, 3.63) is 45.7 Å². The van der Waals surface area contributed by atoms with E-state index in [1.165, 1.54) is 0 Å². The minimum Gasteiger partial charge on any atom is -0.394 e. The number of aromatic nitrogens is 3. The average molecular weight is 315 g/mol. The van der Waals surface area contributed by atoms with Crippen molar-refractivity contribution in [1.82, 2.24) is 20.3 Å². The number of nitrogens with one attached hydrogen (secondary N) is 1. The van der Waals surface area contributed by atoms with E-state index in [4.69, 9.17) is 28.3 Å². The van der Waals surface area contributed by atoms with Crippen molar-refractivity contribution in [1.29, 1.82) is 0 Å². The van der Waals surface area contributed by atoms with Gasteiger partial charge in [0.2, 0.25) is 0 Å². The molecule has 5 nitrogen and oxygen atoms in total. The summed E-state index contributed by atoms with van der Waals surface area (Å²) in [5.74, 6) is 0. The third-order valence-electron chi connectivity index (χ3n) is 2.93. The highest BCUT2D eigenvalue weighted by Gasteiger charge is 2.10. The van der Waals surface area contributed by atoms with Crippen LogP contribution in [0.4, 0.5) is 0 Å². The largest absolute Gasteiger partial charge is 0.394 e. The summed E-state index contributed by atoms with van der Waals surface area (Å²) >= 11 is 12.0. The second kappa shape index (κ2) is 7.04. The summed E-state index contributed by atoms with van der Waals surface area (Å²) in [6.45, 7) is 3.09. The Morgan fingerprint density at radius 1 is 1.40 bits per heavy atom. The van der Waals surface area contributed by atoms with Gasteiger partial charge < -0.3 is 10.4 Å². The zero-order valence-electron chi connectivity index (χ0n) is 11.1. The molecule has 0 bridgehead atoms. The van der Waals surface area contributed by atoms with E-state index in [9.17, 15) is 0 Å². The lowest BCUT2D eigenvalue weighted by Gasteiger charge is -2.15. The fourth-order valence-electron chi connectivity index (χ4n) is 1.85. The van der Waals surface area contributed by atoms with Gasteiger partial charge in [-0.15, -0.1) is 5.10 Å². The second-order valence-electron chi connectivity index (χ2n) is 4.46. The van der Waals surface area contributed by atoms with E-state index >= 15 is 0 Å². The molecule has 108 valence electrons. The lowest BCUT2D eigenvalue weighted by Crippen LogP contribution is -2.18. The maximum atomic E-state index is 8.82. The number of halogens is 2. The van der Waals surface area contributed by atoms with E-state index in [0.29, 0.717) is 23.1 Å². The Kier molecular flexibility index (Phi) is 5.37. The number of aliphatic hydroxyl groups excluding tert-OH is 1. The van der Waals surface area contributed by atoms with Crippen LogP contribution < -0.4 is 5.32 Å². The molecular weight excluding hydrogens is 299 g/mol. The van der Waals surface area contributed by atoms with Crippen LogP contribution in [-0.4, -0.2) is 26.7 Å². The number of benzene rings is 1. The van der Waals surface area contributed by atoms with Crippen LogP contribution in [0.25, 0.3) is 0 Å². The average Bonchev–Trinajstić information content (AvgIpc) is 2.84. The molecule has 1 unspecified atom stereocenters. The van der Waals surface area contributed by atoms with Crippen molar-refractivity contribution >= 4 is 23.2 Å². The Morgan fingerprint density at radius 3 is 2.90 bits per heavy atom. The predicted octanol–water partition coefficient (Wildman–Crippen LogP) is 2.43. The summed E-state index contributed by atoms with van der Waals surface area (Å²) in [6.07, 6.45) is 1.80. The van der Waals surface area contributed by atoms with Crippen molar-refractivity contribution in [2.45, 2.75) is 26.1 Å². The van der Waals surface area contributed by atoms with Gasteiger partial charge in [-0.1, -0.05) is 34.5 Å². The van der Waals surface area contributed by atoms with Crippen LogP contribution in [0.15, 0.2) is 24.4 Å². The van der Waals surface area contributed by atoms with Crippen LogP contribution in [-0.2, 0) is 13.1 Å². The van der Waals surface area contributed by atoms with Crippen LogP contribution >= 0.6 is 23.2 Å². The second-order valence-corrected chi connectivity index (χ2v) is 5.31. The van der Waals surface area contributed by atoms with Crippen LogP contribution in [0.1, 0.15) is 24.2 Å². The Morgan fingerprint density at radius 2 is 2.20 bits per heavy atom. The molecule has 20 heavy (non-hydrogen) atoms. The summed E-state index contributed by atoms with van der Waals surface area (Å²) in [5.41, 5.74) is 1.80. The molecule has 0 aliphatic carbocycles. The van der Waals surface area contributed by atoms with Crippen molar-refractivity contribution in [2.24, 2.45) is 0 Å². The van der Waals surface area contributed by atoms with E-state index in [1.807, 2.05) is 19.1 Å². The molecule has 0 spiro atoms. The van der Waals surface area contributed by atoms with Gasteiger partial charge in [-0.05, 0) is 24.6 Å². The number of nitrogens with zero attached hydrogens (tertiary/aromatic N) is 3. The fraction of sp³-hybridized carbons (Fsp3) is 0.385. The molecule has 2 rings (SSSR count). The van der Waals surface area contributed by atoms with Crippen LogP contribution in [0.5, 0.6) is 0 Å². The SMILES string of the molecule is CC(NCc1cn(CCO)nn1)c1ccc(Cl)cc1Cl. The van der Waals surface area contributed by atoms with Crippen molar-refractivity contribution < 1.29 is 5.11 Å². The zero-order chi connectivity index (χ0) is 14.5. The highest BCUT2D eigenvalue weighted by atomic mass is 35.5. The van der Waals surface area contributed by atoms with Gasteiger partial charge in [0.1, 0.15) is 0 Å². The molecule has 7 heteroatoms. The molecule has 1 aromatic carbocycles. The fourth-order valence-corrected chi connectivity index (χ4v) is 2.42. The Bertz CT molecular complexity index is 573. The topological polar surface area (TPSA) is 63.0 Å². The van der Waals surface area contributed by atoms with Gasteiger partial charge in [0, 0.05) is 28.8 Å². The Labute approximate surface area is 127 Å². The molecule has 0 aliphatic heterocycles. The lowest BCUT2D eigenvalue weighted by atomic mass is 10.1. The monoisotopic (exact) mass is 314 g/mol. The van der Waals surface area contributed by atoms with Crippen LogP contribution in [0.3, 0.4) is 0 Å². The predicted molar refractivity (Wildman–Crippen MR) is 78.8 cm³/mol. The lowest BCUT2D eigenvalue weighted by molar-refractivity contribution is 0.268. The van der Waals surface area contributed by atoms with Gasteiger partial charge in [0.05, 0.1) is 18.8 Å². The molecule has 1 atom stereocenters. The summed E-state index contributed by atoms with van der Waals surface area (Å²) in [5, 5.41) is 21.3. The third-order valence-corrected chi connectivity index (χ3v) is 3.50. The standard InChI is InChI=1S/C13H16Cl2N4O/c1-9(12-3-2-10(14)6-13(12)15)16-7-11-8-19(4-5-20)18-17-11/h2-3,6,8-9,16,20H,4-5,7H2,1H3. The summed E-state index contributed by atoms with van der Waals surface area (Å²) < 4.78 is 1.61. The quantitative estimate of drug-likeness (QED) is 0.859. The normalized spacial score (nSPS) is 12.6. The van der Waals surface area contributed by atoms with E-state index in [2.05, 4.69) is 15.6 Å². The van der Waals surface area contributed by atoms with E-state index in [-0.39, 0.29) is 12.6 Å². The molecule has 0 amide bonds. The molecular formula is C13H16Cl2N4O. The molecule has 2 N–H and O–H groups in total. The van der Waals surface area contributed by atoms with E-state index < -0.39 is 0 Å². The van der Waals surface area contributed by atoms with Crippen LogP contribution in [0.2, 0.25) is 10.0 Å².